The van der Waals surface area contributed by atoms with Crippen LogP contribution in [0.15, 0.2) is 90.2 Å². The molecule has 0 fully saturated rings. The zero-order chi connectivity index (χ0) is 24.6. The van der Waals surface area contributed by atoms with Crippen molar-refractivity contribution < 1.29 is 13.2 Å². The van der Waals surface area contributed by atoms with Gasteiger partial charge in [-0.2, -0.15) is 13.2 Å². The molecule has 5 nitrogen and oxygen atoms in total. The van der Waals surface area contributed by atoms with Crippen molar-refractivity contribution in [1.29, 1.82) is 0 Å². The molecular weight excluding hydrogens is 451 g/mol. The van der Waals surface area contributed by atoms with E-state index in [0.717, 1.165) is 11.8 Å². The molecule has 8 heteroatoms. The third kappa shape index (κ3) is 4.47. The lowest BCUT2D eigenvalue weighted by Crippen LogP contribution is -2.18. The number of benzene rings is 3. The summed E-state index contributed by atoms with van der Waals surface area (Å²) in [6, 6.07) is 20.0. The first kappa shape index (κ1) is 22.6. The summed E-state index contributed by atoms with van der Waals surface area (Å²) >= 11 is 0. The highest BCUT2D eigenvalue weighted by molar-refractivity contribution is 5.84. The number of halogens is 3. The van der Waals surface area contributed by atoms with E-state index >= 15 is 0 Å². The Bertz CT molecular complexity index is 1540. The zero-order valence-corrected chi connectivity index (χ0v) is 19.1. The van der Waals surface area contributed by atoms with E-state index in [-0.39, 0.29) is 11.7 Å². The number of nitrogens with zero attached hydrogens (tertiary/aromatic N) is 4. The van der Waals surface area contributed by atoms with Gasteiger partial charge < -0.3 is 9.88 Å². The van der Waals surface area contributed by atoms with Gasteiger partial charge in [-0.05, 0) is 62.4 Å². The number of rotatable bonds is 4. The fourth-order valence-electron chi connectivity index (χ4n) is 4.09. The normalized spacial score (nSPS) is 12.6. The maximum absolute atomic E-state index is 14.0. The number of alkyl halides is 3. The van der Waals surface area contributed by atoms with E-state index in [1.54, 1.807) is 47.3 Å². The van der Waals surface area contributed by atoms with Crippen molar-refractivity contribution in [2.45, 2.75) is 26.1 Å². The van der Waals surface area contributed by atoms with Crippen molar-refractivity contribution in [3.05, 3.63) is 96.1 Å². The van der Waals surface area contributed by atoms with Crippen LogP contribution in [0.5, 0.6) is 0 Å². The number of para-hydroxylation sites is 3. The average molecular weight is 474 g/mol. The molecule has 0 saturated heterocycles. The molecule has 0 spiro atoms. The van der Waals surface area contributed by atoms with Crippen LogP contribution in [0.2, 0.25) is 0 Å². The zero-order valence-electron chi connectivity index (χ0n) is 19.1. The van der Waals surface area contributed by atoms with Crippen LogP contribution in [0.3, 0.4) is 0 Å². The van der Waals surface area contributed by atoms with Crippen LogP contribution in [-0.2, 0) is 6.18 Å². The third-order valence-corrected chi connectivity index (χ3v) is 5.49. The van der Waals surface area contributed by atoms with E-state index in [0.29, 0.717) is 33.5 Å². The molecule has 1 aliphatic heterocycles. The van der Waals surface area contributed by atoms with E-state index in [2.05, 4.69) is 10.3 Å². The molecule has 0 bridgehead atoms. The summed E-state index contributed by atoms with van der Waals surface area (Å²) in [5.41, 5.74) is 2.99. The van der Waals surface area contributed by atoms with Crippen LogP contribution in [0.4, 0.5) is 24.5 Å². The third-order valence-electron chi connectivity index (χ3n) is 5.49. The Balaban J connectivity index is 1.87. The smallest absolute Gasteiger partial charge is 0.352 e. The summed E-state index contributed by atoms with van der Waals surface area (Å²) < 4.78 is 43.7. The van der Waals surface area contributed by atoms with Gasteiger partial charge in [0.25, 0.3) is 0 Å². The number of anilines is 2. The van der Waals surface area contributed by atoms with Crippen LogP contribution < -0.4 is 10.7 Å². The van der Waals surface area contributed by atoms with E-state index in [1.165, 1.54) is 12.1 Å². The molecule has 5 rings (SSSR count). The molecule has 0 atom stereocenters. The minimum atomic E-state index is -4.52. The van der Waals surface area contributed by atoms with Crippen molar-refractivity contribution in [2.75, 3.05) is 5.32 Å². The molecule has 2 aromatic carbocycles. The van der Waals surface area contributed by atoms with Crippen LogP contribution in [0.25, 0.3) is 28.1 Å². The maximum atomic E-state index is 14.0. The summed E-state index contributed by atoms with van der Waals surface area (Å²) in [7, 11) is 0. The maximum Gasteiger partial charge on any atom is 0.418 e. The second-order valence-corrected chi connectivity index (χ2v) is 8.40. The lowest BCUT2D eigenvalue weighted by Gasteiger charge is -2.23. The van der Waals surface area contributed by atoms with Gasteiger partial charge in [-0.25, -0.2) is 4.98 Å². The molecule has 3 aromatic rings. The first-order chi connectivity index (χ1) is 16.8. The topological polar surface area (TPSA) is 55.1 Å². The van der Waals surface area contributed by atoms with Gasteiger partial charge in [0.15, 0.2) is 0 Å². The highest BCUT2D eigenvalue weighted by Crippen LogP contribution is 2.37. The molecule has 1 aliphatic carbocycles. The molecule has 0 unspecified atom stereocenters. The molecule has 1 aromatic heterocycles. The standard InChI is InChI=1S/C27H22F3N5/c1-17(2)32-22-15-26-23(14-21(22)33-18-8-7-13-31-16-18)34-20-10-4-6-12-25(20)35(26)24-11-5-3-9-19(24)27(28,29)30/h3-17,33H,1-2H3. The second-order valence-electron chi connectivity index (χ2n) is 8.40. The van der Waals surface area contributed by atoms with Gasteiger partial charge in [-0.1, -0.05) is 24.3 Å². The molecular formula is C27H22F3N5. The summed E-state index contributed by atoms with van der Waals surface area (Å²) in [6.45, 7) is 3.90. The van der Waals surface area contributed by atoms with Gasteiger partial charge >= 0.3 is 6.18 Å². The van der Waals surface area contributed by atoms with E-state index < -0.39 is 11.7 Å². The van der Waals surface area contributed by atoms with Crippen molar-refractivity contribution >= 4 is 22.4 Å². The van der Waals surface area contributed by atoms with Gasteiger partial charge in [0.05, 0.1) is 56.6 Å². The lowest BCUT2D eigenvalue weighted by molar-refractivity contribution is -0.137. The molecule has 35 heavy (non-hydrogen) atoms. The van der Waals surface area contributed by atoms with E-state index in [1.807, 2.05) is 38.1 Å². The van der Waals surface area contributed by atoms with Crippen molar-refractivity contribution in [1.82, 2.24) is 14.5 Å². The Morgan fingerprint density at radius 1 is 0.943 bits per heavy atom. The SMILES string of the molecule is CC(C)N=c1cc2n(-c3ccccc3C(F)(F)F)c3ccccc3nc-2cc1Nc1cccnc1. The van der Waals surface area contributed by atoms with Gasteiger partial charge in [0, 0.05) is 12.2 Å². The molecule has 1 N–H and O–H groups in total. The van der Waals surface area contributed by atoms with Crippen LogP contribution in [0, 0.1) is 0 Å². The molecule has 176 valence electrons. The summed E-state index contributed by atoms with van der Waals surface area (Å²) in [4.78, 5) is 13.7. The predicted molar refractivity (Wildman–Crippen MR) is 131 cm³/mol. The van der Waals surface area contributed by atoms with Gasteiger partial charge in [0.1, 0.15) is 0 Å². The first-order valence-corrected chi connectivity index (χ1v) is 11.1. The molecule has 2 aliphatic rings. The summed E-state index contributed by atoms with van der Waals surface area (Å²) in [6.07, 6.45) is -1.15. The second kappa shape index (κ2) is 8.87. The van der Waals surface area contributed by atoms with Crippen molar-refractivity contribution in [3.63, 3.8) is 0 Å². The fourth-order valence-corrected chi connectivity index (χ4v) is 4.09. The largest absolute Gasteiger partial charge is 0.418 e. The Hall–Kier alpha value is -4.20. The van der Waals surface area contributed by atoms with Gasteiger partial charge in [-0.15, -0.1) is 0 Å². The Morgan fingerprint density at radius 2 is 1.71 bits per heavy atom. The number of pyridine rings is 1. The molecule has 0 radical (unpaired) electrons. The number of nitrogens with one attached hydrogen (secondary N) is 1. The van der Waals surface area contributed by atoms with Gasteiger partial charge in [-0.3, -0.25) is 9.98 Å². The first-order valence-electron chi connectivity index (χ1n) is 11.1. The monoisotopic (exact) mass is 473 g/mol. The number of hydrogen-bond donors (Lipinski definition) is 1. The molecule has 0 amide bonds. The predicted octanol–water partition coefficient (Wildman–Crippen LogP) is 6.60. The number of hydrogen-bond acceptors (Lipinski definition) is 4. The molecule has 2 heterocycles. The quantitative estimate of drug-likeness (QED) is 0.299. The number of aromatic nitrogens is 3. The number of fused-ring (bicyclic) bond motifs is 2. The summed E-state index contributed by atoms with van der Waals surface area (Å²) in [5.74, 6) is 0. The van der Waals surface area contributed by atoms with Crippen LogP contribution in [0.1, 0.15) is 19.4 Å². The Morgan fingerprint density at radius 3 is 2.46 bits per heavy atom. The fraction of sp³-hybridized carbons (Fsp3) is 0.148. The van der Waals surface area contributed by atoms with Crippen molar-refractivity contribution in [3.8, 4) is 17.1 Å². The minimum absolute atomic E-state index is 0.0343. The highest BCUT2D eigenvalue weighted by atomic mass is 19.4. The van der Waals surface area contributed by atoms with Gasteiger partial charge in [0.2, 0.25) is 0 Å². The molecule has 0 saturated carbocycles. The Kier molecular flexibility index (Phi) is 5.72. The van der Waals surface area contributed by atoms with Crippen molar-refractivity contribution in [2.24, 2.45) is 4.99 Å². The summed E-state index contributed by atoms with van der Waals surface area (Å²) in [5, 5.41) is 3.94. The van der Waals surface area contributed by atoms with Crippen LogP contribution in [-0.4, -0.2) is 20.6 Å². The average Bonchev–Trinajstić information content (AvgIpc) is 2.83. The lowest BCUT2D eigenvalue weighted by atomic mass is 10.1. The highest BCUT2D eigenvalue weighted by Gasteiger charge is 2.34. The van der Waals surface area contributed by atoms with Crippen LogP contribution >= 0.6 is 0 Å². The van der Waals surface area contributed by atoms with E-state index in [4.69, 9.17) is 9.98 Å². The van der Waals surface area contributed by atoms with E-state index in [9.17, 15) is 13.2 Å². The minimum Gasteiger partial charge on any atom is -0.352 e. The Labute approximate surface area is 200 Å².